The molecule has 0 aliphatic heterocycles. The average molecular weight is 944 g/mol. The van der Waals surface area contributed by atoms with E-state index in [0.717, 1.165) is 88.9 Å². The summed E-state index contributed by atoms with van der Waals surface area (Å²) in [7, 11) is 0. The second-order valence-corrected chi connectivity index (χ2v) is 18.7. The van der Waals surface area contributed by atoms with Crippen LogP contribution >= 0.6 is 0 Å². The number of fused-ring (bicyclic) bond motifs is 6. The minimum absolute atomic E-state index is 0.583. The Balaban J connectivity index is 1.06. The second kappa shape index (κ2) is 18.0. The maximum absolute atomic E-state index is 5.42. The van der Waals surface area contributed by atoms with Gasteiger partial charge in [-0.25, -0.2) is 15.0 Å². The summed E-state index contributed by atoms with van der Waals surface area (Å²) < 4.78 is 4.85. The Bertz CT molecular complexity index is 4370. The molecule has 0 aliphatic rings. The molecule has 74 heavy (non-hydrogen) atoms. The smallest absolute Gasteiger partial charge is 0.166 e. The monoisotopic (exact) mass is 943 g/mol. The van der Waals surface area contributed by atoms with Gasteiger partial charge in [0.25, 0.3) is 0 Å². The first-order chi connectivity index (χ1) is 36.7. The Kier molecular flexibility index (Phi) is 10.4. The van der Waals surface area contributed by atoms with Gasteiger partial charge in [-0.15, -0.1) is 0 Å². The van der Waals surface area contributed by atoms with Crippen LogP contribution in [-0.2, 0) is 0 Å². The second-order valence-electron chi connectivity index (χ2n) is 18.7. The average Bonchev–Trinajstić information content (AvgIpc) is 4.01. The summed E-state index contributed by atoms with van der Waals surface area (Å²) >= 11 is 0. The third-order valence-corrected chi connectivity index (χ3v) is 14.4. The van der Waals surface area contributed by atoms with Gasteiger partial charge in [0.15, 0.2) is 17.5 Å². The molecule has 0 N–H and O–H groups in total. The van der Waals surface area contributed by atoms with Gasteiger partial charge in [0.2, 0.25) is 0 Å². The summed E-state index contributed by atoms with van der Waals surface area (Å²) in [5.41, 5.74) is 18.4. The molecule has 346 valence electrons. The van der Waals surface area contributed by atoms with Crippen molar-refractivity contribution in [1.29, 1.82) is 0 Å². The molecule has 0 aliphatic carbocycles. The van der Waals surface area contributed by atoms with Crippen LogP contribution in [0.1, 0.15) is 0 Å². The van der Waals surface area contributed by atoms with E-state index in [4.69, 9.17) is 15.0 Å². The van der Waals surface area contributed by atoms with E-state index < -0.39 is 0 Å². The Labute approximate surface area is 428 Å². The Morgan fingerprint density at radius 1 is 0.230 bits per heavy atom. The molecule has 0 spiro atoms. The third-order valence-electron chi connectivity index (χ3n) is 14.4. The molecule has 0 unspecified atom stereocenters. The summed E-state index contributed by atoms with van der Waals surface area (Å²) in [5.74, 6) is 1.79. The van der Waals surface area contributed by atoms with Crippen LogP contribution in [0.25, 0.3) is 134 Å². The van der Waals surface area contributed by atoms with Crippen molar-refractivity contribution >= 4 is 43.6 Å². The SMILES string of the molecule is c1ccc(-c2ccc(-c3nc(-c4ccccc4)nc(-c4ccc(-c5ccccc5)cc4-n4c5cc(-c6ccccc6)ccc5c5c(-c6cccc7c6c6ccccc6n7-c6ccccc6)cccc54)n3)cc2)cc1. The van der Waals surface area contributed by atoms with Crippen LogP contribution in [0.5, 0.6) is 0 Å². The third kappa shape index (κ3) is 7.37. The van der Waals surface area contributed by atoms with Crippen LogP contribution in [0.2, 0.25) is 0 Å². The summed E-state index contributed by atoms with van der Waals surface area (Å²) in [4.78, 5) is 16.0. The first-order valence-electron chi connectivity index (χ1n) is 25.1. The van der Waals surface area contributed by atoms with E-state index in [1.807, 2.05) is 24.3 Å². The molecule has 0 saturated heterocycles. The number of hydrogen-bond donors (Lipinski definition) is 0. The topological polar surface area (TPSA) is 48.5 Å². The molecule has 5 heteroatoms. The number of aromatic nitrogens is 5. The number of para-hydroxylation sites is 2. The van der Waals surface area contributed by atoms with Crippen LogP contribution in [-0.4, -0.2) is 24.1 Å². The summed E-state index contributed by atoms with van der Waals surface area (Å²) in [6, 6.07) is 97.2. The van der Waals surface area contributed by atoms with E-state index >= 15 is 0 Å². The zero-order chi connectivity index (χ0) is 49.0. The standard InChI is InChI=1S/C69H45N5/c1-6-20-46(21-7-1)49-36-38-51(39-37-49)68-70-67(50-26-12-4-13-27-50)71-69(72-68)59-43-41-53(48-24-10-3-11-25-48)45-64(59)74-62-35-19-32-56(66(62)58-42-40-52(44-63(58)74)47-22-8-2-9-23-47)55-31-18-34-61-65(55)57-30-16-17-33-60(57)73(61)54-28-14-5-15-29-54/h1-45H. The van der Waals surface area contributed by atoms with Crippen molar-refractivity contribution in [3.63, 3.8) is 0 Å². The van der Waals surface area contributed by atoms with Crippen LogP contribution < -0.4 is 0 Å². The minimum Gasteiger partial charge on any atom is -0.309 e. The molecule has 14 aromatic rings. The van der Waals surface area contributed by atoms with Crippen molar-refractivity contribution in [1.82, 2.24) is 24.1 Å². The molecule has 14 rings (SSSR count). The Hall–Kier alpha value is -9.97. The van der Waals surface area contributed by atoms with E-state index in [2.05, 4.69) is 258 Å². The normalized spacial score (nSPS) is 11.5. The van der Waals surface area contributed by atoms with E-state index in [0.29, 0.717) is 17.5 Å². The quantitative estimate of drug-likeness (QED) is 0.145. The van der Waals surface area contributed by atoms with Crippen molar-refractivity contribution in [3.8, 4) is 90.0 Å². The van der Waals surface area contributed by atoms with Gasteiger partial charge < -0.3 is 9.13 Å². The highest BCUT2D eigenvalue weighted by Crippen LogP contribution is 2.46. The molecule has 0 radical (unpaired) electrons. The van der Waals surface area contributed by atoms with Crippen LogP contribution in [0, 0.1) is 0 Å². The lowest BCUT2D eigenvalue weighted by atomic mass is 9.95. The van der Waals surface area contributed by atoms with Crippen molar-refractivity contribution in [2.45, 2.75) is 0 Å². The fourth-order valence-corrected chi connectivity index (χ4v) is 11.0. The highest BCUT2D eigenvalue weighted by Gasteiger charge is 2.24. The predicted molar refractivity (Wildman–Crippen MR) is 307 cm³/mol. The van der Waals surface area contributed by atoms with Gasteiger partial charge in [-0.2, -0.15) is 0 Å². The molecule has 0 atom stereocenters. The molecule has 3 heterocycles. The highest BCUT2D eigenvalue weighted by atomic mass is 15.1. The summed E-state index contributed by atoms with van der Waals surface area (Å²) in [6.07, 6.45) is 0. The lowest BCUT2D eigenvalue weighted by molar-refractivity contribution is 1.06. The molecule has 11 aromatic carbocycles. The van der Waals surface area contributed by atoms with Crippen molar-refractivity contribution < 1.29 is 0 Å². The predicted octanol–water partition coefficient (Wildman–Crippen LogP) is 17.7. The zero-order valence-corrected chi connectivity index (χ0v) is 40.2. The lowest BCUT2D eigenvalue weighted by Gasteiger charge is -2.17. The Morgan fingerprint density at radius 3 is 1.24 bits per heavy atom. The zero-order valence-electron chi connectivity index (χ0n) is 40.2. The van der Waals surface area contributed by atoms with Gasteiger partial charge in [-0.05, 0) is 93.0 Å². The lowest BCUT2D eigenvalue weighted by Crippen LogP contribution is -2.04. The maximum atomic E-state index is 5.42. The fourth-order valence-electron chi connectivity index (χ4n) is 11.0. The van der Waals surface area contributed by atoms with E-state index in [-0.39, 0.29) is 0 Å². The highest BCUT2D eigenvalue weighted by molar-refractivity contribution is 6.22. The summed E-state index contributed by atoms with van der Waals surface area (Å²) in [5, 5.41) is 4.74. The van der Waals surface area contributed by atoms with Gasteiger partial charge >= 0.3 is 0 Å². The molecule has 0 bridgehead atoms. The number of nitrogens with zero attached hydrogens (tertiary/aromatic N) is 5. The van der Waals surface area contributed by atoms with Crippen molar-refractivity contribution in [2.75, 3.05) is 0 Å². The van der Waals surface area contributed by atoms with Crippen LogP contribution in [0.4, 0.5) is 0 Å². The van der Waals surface area contributed by atoms with Gasteiger partial charge in [0, 0.05) is 43.9 Å². The molecule has 5 nitrogen and oxygen atoms in total. The molecule has 3 aromatic heterocycles. The van der Waals surface area contributed by atoms with Gasteiger partial charge in [0.05, 0.1) is 27.8 Å². The number of benzene rings is 11. The first-order valence-corrected chi connectivity index (χ1v) is 25.1. The van der Waals surface area contributed by atoms with E-state index in [1.54, 1.807) is 0 Å². The largest absolute Gasteiger partial charge is 0.309 e. The van der Waals surface area contributed by atoms with E-state index in [1.165, 1.54) is 27.2 Å². The molecular weight excluding hydrogens is 899 g/mol. The van der Waals surface area contributed by atoms with E-state index in [9.17, 15) is 0 Å². The van der Waals surface area contributed by atoms with Crippen molar-refractivity contribution in [3.05, 3.63) is 273 Å². The molecule has 0 amide bonds. The Morgan fingerprint density at radius 2 is 0.635 bits per heavy atom. The molecule has 0 saturated carbocycles. The number of rotatable bonds is 9. The van der Waals surface area contributed by atoms with Gasteiger partial charge in [-0.1, -0.05) is 224 Å². The fraction of sp³-hybridized carbons (Fsp3) is 0. The van der Waals surface area contributed by atoms with Gasteiger partial charge in [0.1, 0.15) is 0 Å². The maximum Gasteiger partial charge on any atom is 0.166 e. The molecule has 0 fully saturated rings. The van der Waals surface area contributed by atoms with Crippen LogP contribution in [0.3, 0.4) is 0 Å². The first kappa shape index (κ1) is 42.9. The number of hydrogen-bond acceptors (Lipinski definition) is 3. The van der Waals surface area contributed by atoms with Crippen LogP contribution in [0.15, 0.2) is 273 Å². The molecular formula is C69H45N5. The minimum atomic E-state index is 0.583. The van der Waals surface area contributed by atoms with Gasteiger partial charge in [-0.3, -0.25) is 0 Å². The summed E-state index contributed by atoms with van der Waals surface area (Å²) in [6.45, 7) is 0. The van der Waals surface area contributed by atoms with Crippen molar-refractivity contribution in [2.24, 2.45) is 0 Å².